The van der Waals surface area contributed by atoms with Crippen LogP contribution in [0, 0.1) is 5.41 Å². The maximum atomic E-state index is 12.0. The summed E-state index contributed by atoms with van der Waals surface area (Å²) in [6, 6.07) is 0. The highest BCUT2D eigenvalue weighted by atomic mass is 35.5. The lowest BCUT2D eigenvalue weighted by atomic mass is 9.85. The van der Waals surface area contributed by atoms with Crippen LogP contribution in [0.5, 0.6) is 0 Å². The van der Waals surface area contributed by atoms with Crippen LogP contribution in [0.2, 0.25) is 0 Å². The number of nitrogens with one attached hydrogen (secondary N) is 2. The van der Waals surface area contributed by atoms with Gasteiger partial charge in [0.2, 0.25) is 11.8 Å². The van der Waals surface area contributed by atoms with Crippen LogP contribution in [0.1, 0.15) is 39.0 Å². The van der Waals surface area contributed by atoms with Crippen LogP contribution in [-0.2, 0) is 9.59 Å². The zero-order chi connectivity index (χ0) is 12.7. The Morgan fingerprint density at radius 2 is 1.83 bits per heavy atom. The molecule has 1 rings (SSSR count). The lowest BCUT2D eigenvalue weighted by Gasteiger charge is -2.25. The molecule has 18 heavy (non-hydrogen) atoms. The predicted octanol–water partition coefficient (Wildman–Crippen LogP) is 0.570. The lowest BCUT2D eigenvalue weighted by Crippen LogP contribution is -2.47. The molecule has 0 atom stereocenters. The number of carbonyl (C=O) groups is 2. The van der Waals surface area contributed by atoms with Crippen LogP contribution >= 0.6 is 12.4 Å². The highest BCUT2D eigenvalue weighted by molar-refractivity contribution is 5.88. The first-order valence-corrected chi connectivity index (χ1v) is 6.39. The third-order valence-corrected chi connectivity index (χ3v) is 3.41. The van der Waals surface area contributed by atoms with Gasteiger partial charge in [-0.05, 0) is 19.3 Å². The van der Waals surface area contributed by atoms with Crippen LogP contribution < -0.4 is 16.4 Å². The van der Waals surface area contributed by atoms with E-state index < -0.39 is 5.41 Å². The minimum absolute atomic E-state index is 0. The molecular weight excluding hydrogens is 254 g/mol. The molecule has 0 aliphatic heterocycles. The maximum Gasteiger partial charge on any atom is 0.239 e. The number of carbonyl (C=O) groups excluding carboxylic acids is 2. The van der Waals surface area contributed by atoms with Crippen molar-refractivity contribution in [2.45, 2.75) is 39.0 Å². The topological polar surface area (TPSA) is 84.2 Å². The zero-order valence-corrected chi connectivity index (χ0v) is 11.8. The SMILES string of the molecule is CCCNC(=O)CNC(=O)C1(CN)CCCC1.Cl. The predicted molar refractivity (Wildman–Crippen MR) is 73.5 cm³/mol. The molecule has 0 unspecified atom stereocenters. The Kier molecular flexibility index (Phi) is 7.95. The fourth-order valence-electron chi connectivity index (χ4n) is 2.25. The van der Waals surface area contributed by atoms with E-state index in [1.165, 1.54) is 0 Å². The van der Waals surface area contributed by atoms with Crippen LogP contribution in [0.15, 0.2) is 0 Å². The van der Waals surface area contributed by atoms with Gasteiger partial charge < -0.3 is 16.4 Å². The molecule has 1 fully saturated rings. The molecule has 1 aliphatic carbocycles. The van der Waals surface area contributed by atoms with Crippen molar-refractivity contribution in [3.63, 3.8) is 0 Å². The number of hydrogen-bond acceptors (Lipinski definition) is 3. The summed E-state index contributed by atoms with van der Waals surface area (Å²) < 4.78 is 0. The van der Waals surface area contributed by atoms with Gasteiger partial charge in [-0.1, -0.05) is 19.8 Å². The van der Waals surface area contributed by atoms with Crippen molar-refractivity contribution >= 4 is 24.2 Å². The number of amides is 2. The molecule has 0 saturated heterocycles. The van der Waals surface area contributed by atoms with E-state index in [4.69, 9.17) is 5.73 Å². The second-order valence-electron chi connectivity index (χ2n) is 4.72. The van der Waals surface area contributed by atoms with E-state index in [1.54, 1.807) is 0 Å². The van der Waals surface area contributed by atoms with Gasteiger partial charge in [0, 0.05) is 13.1 Å². The lowest BCUT2D eigenvalue weighted by molar-refractivity contribution is -0.132. The summed E-state index contributed by atoms with van der Waals surface area (Å²) in [5.74, 6) is -0.200. The summed E-state index contributed by atoms with van der Waals surface area (Å²) in [5.41, 5.74) is 5.27. The summed E-state index contributed by atoms with van der Waals surface area (Å²) in [4.78, 5) is 23.4. The maximum absolute atomic E-state index is 12.0. The highest BCUT2D eigenvalue weighted by Gasteiger charge is 2.39. The van der Waals surface area contributed by atoms with Gasteiger partial charge in [-0.15, -0.1) is 12.4 Å². The third kappa shape index (κ3) is 4.46. The Hall–Kier alpha value is -0.810. The van der Waals surface area contributed by atoms with E-state index in [0.717, 1.165) is 32.1 Å². The van der Waals surface area contributed by atoms with Gasteiger partial charge in [-0.2, -0.15) is 0 Å². The average Bonchev–Trinajstić information content (AvgIpc) is 2.83. The second-order valence-corrected chi connectivity index (χ2v) is 4.72. The summed E-state index contributed by atoms with van der Waals surface area (Å²) in [6.07, 6.45) is 4.67. The van der Waals surface area contributed by atoms with Gasteiger partial charge in [-0.3, -0.25) is 9.59 Å². The van der Waals surface area contributed by atoms with Crippen LogP contribution in [0.25, 0.3) is 0 Å². The van der Waals surface area contributed by atoms with Crippen molar-refractivity contribution in [1.82, 2.24) is 10.6 Å². The largest absolute Gasteiger partial charge is 0.355 e. The molecule has 0 bridgehead atoms. The smallest absolute Gasteiger partial charge is 0.239 e. The molecular formula is C12H24ClN3O2. The Morgan fingerprint density at radius 3 is 2.33 bits per heavy atom. The van der Waals surface area contributed by atoms with Gasteiger partial charge in [-0.25, -0.2) is 0 Å². The normalized spacial score (nSPS) is 16.8. The number of halogens is 1. The van der Waals surface area contributed by atoms with Gasteiger partial charge in [0.25, 0.3) is 0 Å². The first kappa shape index (κ1) is 17.2. The van der Waals surface area contributed by atoms with Crippen LogP contribution in [-0.4, -0.2) is 31.4 Å². The molecule has 0 spiro atoms. The Balaban J connectivity index is 0.00000289. The Bertz CT molecular complexity index is 278. The van der Waals surface area contributed by atoms with Crippen molar-refractivity contribution < 1.29 is 9.59 Å². The molecule has 0 aromatic rings. The van der Waals surface area contributed by atoms with Gasteiger partial charge in [0.15, 0.2) is 0 Å². The number of rotatable bonds is 6. The molecule has 6 heteroatoms. The molecule has 1 aliphatic rings. The van der Waals surface area contributed by atoms with Crippen molar-refractivity contribution in [3.05, 3.63) is 0 Å². The fourth-order valence-corrected chi connectivity index (χ4v) is 2.25. The number of nitrogens with two attached hydrogens (primary N) is 1. The number of hydrogen-bond donors (Lipinski definition) is 3. The van der Waals surface area contributed by atoms with Crippen LogP contribution in [0.4, 0.5) is 0 Å². The quantitative estimate of drug-likeness (QED) is 0.664. The fraction of sp³-hybridized carbons (Fsp3) is 0.833. The first-order chi connectivity index (χ1) is 8.14. The average molecular weight is 278 g/mol. The Morgan fingerprint density at radius 1 is 1.22 bits per heavy atom. The zero-order valence-electron chi connectivity index (χ0n) is 11.0. The molecule has 0 aromatic heterocycles. The molecule has 4 N–H and O–H groups in total. The summed E-state index contributed by atoms with van der Waals surface area (Å²) in [7, 11) is 0. The molecule has 0 heterocycles. The molecule has 0 aromatic carbocycles. The molecule has 2 amide bonds. The monoisotopic (exact) mass is 277 g/mol. The summed E-state index contributed by atoms with van der Waals surface area (Å²) in [6.45, 7) is 3.06. The van der Waals surface area contributed by atoms with Crippen molar-refractivity contribution in [3.8, 4) is 0 Å². The van der Waals surface area contributed by atoms with E-state index in [-0.39, 0.29) is 30.8 Å². The van der Waals surface area contributed by atoms with Crippen LogP contribution in [0.3, 0.4) is 0 Å². The van der Waals surface area contributed by atoms with Gasteiger partial charge in [0.1, 0.15) is 0 Å². The molecule has 5 nitrogen and oxygen atoms in total. The second kappa shape index (κ2) is 8.32. The van der Waals surface area contributed by atoms with Crippen molar-refractivity contribution in [1.29, 1.82) is 0 Å². The Labute approximate surface area is 115 Å². The van der Waals surface area contributed by atoms with Gasteiger partial charge in [0.05, 0.1) is 12.0 Å². The first-order valence-electron chi connectivity index (χ1n) is 6.39. The highest BCUT2D eigenvalue weighted by Crippen LogP contribution is 2.37. The summed E-state index contributed by atoms with van der Waals surface area (Å²) >= 11 is 0. The van der Waals surface area contributed by atoms with Gasteiger partial charge >= 0.3 is 0 Å². The standard InChI is InChI=1S/C12H23N3O2.ClH/c1-2-7-14-10(16)8-15-11(17)12(9-13)5-3-4-6-12;/h2-9,13H2,1H3,(H,14,16)(H,15,17);1H. The molecule has 0 radical (unpaired) electrons. The van der Waals surface area contributed by atoms with Crippen molar-refractivity contribution in [2.24, 2.45) is 11.1 Å². The van der Waals surface area contributed by atoms with E-state index in [2.05, 4.69) is 10.6 Å². The van der Waals surface area contributed by atoms with Crippen molar-refractivity contribution in [2.75, 3.05) is 19.6 Å². The minimum atomic E-state index is -0.426. The third-order valence-electron chi connectivity index (χ3n) is 3.41. The molecule has 106 valence electrons. The van der Waals surface area contributed by atoms with E-state index in [1.807, 2.05) is 6.92 Å². The van der Waals surface area contributed by atoms with E-state index in [0.29, 0.717) is 13.1 Å². The van der Waals surface area contributed by atoms with E-state index in [9.17, 15) is 9.59 Å². The summed E-state index contributed by atoms with van der Waals surface area (Å²) in [5, 5.41) is 5.42. The molecule has 1 saturated carbocycles. The van der Waals surface area contributed by atoms with E-state index >= 15 is 0 Å². The minimum Gasteiger partial charge on any atom is -0.355 e.